The van der Waals surface area contributed by atoms with E-state index < -0.39 is 11.2 Å². The minimum absolute atomic E-state index is 0. The van der Waals surface area contributed by atoms with Gasteiger partial charge in [-0.05, 0) is 49.1 Å². The van der Waals surface area contributed by atoms with E-state index >= 15 is 0 Å². The summed E-state index contributed by atoms with van der Waals surface area (Å²) in [5, 5.41) is 22.9. The highest BCUT2D eigenvalue weighted by atomic mass is 35.5. The number of hydrogen-bond acceptors (Lipinski definition) is 3. The van der Waals surface area contributed by atoms with E-state index in [4.69, 9.17) is 0 Å². The van der Waals surface area contributed by atoms with Gasteiger partial charge in [0.05, 0.1) is 11.2 Å². The molecule has 2 aromatic rings. The average molecular weight is 430 g/mol. The Morgan fingerprint density at radius 2 is 1.43 bits per heavy atom. The van der Waals surface area contributed by atoms with E-state index in [-0.39, 0.29) is 12.4 Å². The zero-order valence-electron chi connectivity index (χ0n) is 17.9. The van der Waals surface area contributed by atoms with Crippen LogP contribution < -0.4 is 0 Å². The lowest BCUT2D eigenvalue weighted by atomic mass is 9.71. The topological polar surface area (TPSA) is 43.7 Å². The van der Waals surface area contributed by atoms with Crippen LogP contribution in [0.5, 0.6) is 0 Å². The van der Waals surface area contributed by atoms with Crippen LogP contribution in [0.25, 0.3) is 0 Å². The molecular formula is C26H36ClNO2. The largest absolute Gasteiger partial charge is 0.385 e. The molecule has 2 aromatic carbocycles. The highest BCUT2D eigenvalue weighted by molar-refractivity contribution is 5.85. The van der Waals surface area contributed by atoms with Crippen molar-refractivity contribution < 1.29 is 10.2 Å². The van der Waals surface area contributed by atoms with Crippen LogP contribution in [-0.4, -0.2) is 34.7 Å². The van der Waals surface area contributed by atoms with Crippen molar-refractivity contribution in [2.45, 2.75) is 62.6 Å². The molecule has 1 unspecified atom stereocenters. The molecule has 0 radical (unpaired) electrons. The molecule has 2 fully saturated rings. The molecule has 0 aromatic heterocycles. The summed E-state index contributed by atoms with van der Waals surface area (Å²) >= 11 is 0. The lowest BCUT2D eigenvalue weighted by molar-refractivity contribution is -0.0632. The standard InChI is InChI=1S/C26H35NO2.ClH/c28-25(22-10-4-1-5-11-22)16-19-27(20-17-25)21-18-26(29,23-12-6-2-7-13-23)24-14-8-3-9-15-24;/h1-2,4-7,10-13,24,28-29H,3,8-9,14-21H2;1H. The van der Waals surface area contributed by atoms with Crippen molar-refractivity contribution in [2.75, 3.05) is 19.6 Å². The number of halogens is 1. The summed E-state index contributed by atoms with van der Waals surface area (Å²) in [5.41, 5.74) is 0.651. The number of aliphatic hydroxyl groups is 2. The van der Waals surface area contributed by atoms with E-state index in [1.807, 2.05) is 48.5 Å². The van der Waals surface area contributed by atoms with Gasteiger partial charge >= 0.3 is 0 Å². The smallest absolute Gasteiger partial charge is 0.0936 e. The van der Waals surface area contributed by atoms with Gasteiger partial charge in [-0.1, -0.05) is 79.9 Å². The second kappa shape index (κ2) is 10.3. The van der Waals surface area contributed by atoms with Crippen molar-refractivity contribution >= 4 is 12.4 Å². The fourth-order valence-corrected chi connectivity index (χ4v) is 5.40. The Balaban J connectivity index is 0.00000256. The van der Waals surface area contributed by atoms with Gasteiger partial charge in [-0.2, -0.15) is 0 Å². The number of piperidine rings is 1. The maximum Gasteiger partial charge on any atom is 0.0936 e. The van der Waals surface area contributed by atoms with Crippen LogP contribution in [0.4, 0.5) is 0 Å². The monoisotopic (exact) mass is 429 g/mol. The van der Waals surface area contributed by atoms with Gasteiger partial charge in [0, 0.05) is 19.6 Å². The number of nitrogens with zero attached hydrogens (tertiary/aromatic N) is 1. The lowest BCUT2D eigenvalue weighted by Crippen LogP contribution is -2.45. The van der Waals surface area contributed by atoms with Crippen LogP contribution in [0.15, 0.2) is 60.7 Å². The van der Waals surface area contributed by atoms with Gasteiger partial charge in [-0.3, -0.25) is 0 Å². The molecule has 1 atom stereocenters. The number of likely N-dealkylation sites (tertiary alicyclic amines) is 1. The maximum atomic E-state index is 11.8. The van der Waals surface area contributed by atoms with Crippen molar-refractivity contribution in [1.82, 2.24) is 4.90 Å². The Hall–Kier alpha value is -1.39. The maximum absolute atomic E-state index is 11.8. The third kappa shape index (κ3) is 5.08. The third-order valence-electron chi connectivity index (χ3n) is 7.36. The second-order valence-electron chi connectivity index (χ2n) is 9.11. The van der Waals surface area contributed by atoms with Crippen LogP contribution in [-0.2, 0) is 11.2 Å². The van der Waals surface area contributed by atoms with Gasteiger partial charge in [-0.15, -0.1) is 12.4 Å². The van der Waals surface area contributed by atoms with Gasteiger partial charge < -0.3 is 15.1 Å². The minimum atomic E-state index is -0.741. The first-order valence-electron chi connectivity index (χ1n) is 11.4. The van der Waals surface area contributed by atoms with E-state index in [0.717, 1.165) is 62.9 Å². The van der Waals surface area contributed by atoms with Crippen LogP contribution in [0, 0.1) is 5.92 Å². The molecule has 1 heterocycles. The first-order chi connectivity index (χ1) is 14.1. The molecule has 164 valence electrons. The normalized spacial score (nSPS) is 22.1. The SMILES string of the molecule is Cl.OC1(c2ccccc2)CCN(CCC(O)(c2ccccc2)C2CCCCC2)CC1. The molecule has 0 bridgehead atoms. The van der Waals surface area contributed by atoms with Crippen molar-refractivity contribution in [1.29, 1.82) is 0 Å². The number of rotatable bonds is 6. The fourth-order valence-electron chi connectivity index (χ4n) is 5.40. The first kappa shape index (κ1) is 23.3. The van der Waals surface area contributed by atoms with Crippen LogP contribution in [0.1, 0.15) is 62.5 Å². The van der Waals surface area contributed by atoms with E-state index in [9.17, 15) is 10.2 Å². The highest BCUT2D eigenvalue weighted by Crippen LogP contribution is 2.42. The molecule has 0 amide bonds. The lowest BCUT2D eigenvalue weighted by Gasteiger charge is -2.42. The third-order valence-corrected chi connectivity index (χ3v) is 7.36. The summed E-state index contributed by atoms with van der Waals surface area (Å²) in [5.74, 6) is 0.352. The van der Waals surface area contributed by atoms with Crippen LogP contribution >= 0.6 is 12.4 Å². The predicted molar refractivity (Wildman–Crippen MR) is 125 cm³/mol. The van der Waals surface area contributed by atoms with Gasteiger partial charge in [-0.25, -0.2) is 0 Å². The summed E-state index contributed by atoms with van der Waals surface area (Å²) in [6.45, 7) is 2.63. The van der Waals surface area contributed by atoms with Gasteiger partial charge in [0.1, 0.15) is 0 Å². The summed E-state index contributed by atoms with van der Waals surface area (Å²) in [6, 6.07) is 20.4. The van der Waals surface area contributed by atoms with E-state index in [0.29, 0.717) is 5.92 Å². The molecule has 1 aliphatic carbocycles. The molecule has 4 heteroatoms. The van der Waals surface area contributed by atoms with Crippen LogP contribution in [0.2, 0.25) is 0 Å². The average Bonchev–Trinajstić information content (AvgIpc) is 2.80. The summed E-state index contributed by atoms with van der Waals surface area (Å²) < 4.78 is 0. The Bertz CT molecular complexity index is 755. The van der Waals surface area contributed by atoms with Gasteiger partial charge in [0.25, 0.3) is 0 Å². The molecular weight excluding hydrogens is 394 g/mol. The molecule has 3 nitrogen and oxygen atoms in total. The molecule has 0 spiro atoms. The minimum Gasteiger partial charge on any atom is -0.385 e. The van der Waals surface area contributed by atoms with Crippen molar-refractivity contribution in [3.05, 3.63) is 71.8 Å². The molecule has 1 aliphatic heterocycles. The van der Waals surface area contributed by atoms with Gasteiger partial charge in [0.15, 0.2) is 0 Å². The predicted octanol–water partition coefficient (Wildman–Crippen LogP) is 5.25. The van der Waals surface area contributed by atoms with Crippen LogP contribution in [0.3, 0.4) is 0 Å². The zero-order chi connectivity index (χ0) is 20.2. The van der Waals surface area contributed by atoms with E-state index in [1.165, 1.54) is 19.3 Å². The van der Waals surface area contributed by atoms with Crippen molar-refractivity contribution in [3.63, 3.8) is 0 Å². The summed E-state index contributed by atoms with van der Waals surface area (Å²) in [6.07, 6.45) is 8.28. The summed E-state index contributed by atoms with van der Waals surface area (Å²) in [4.78, 5) is 2.42. The fraction of sp³-hybridized carbons (Fsp3) is 0.538. The molecule has 2 aliphatic rings. The quantitative estimate of drug-likeness (QED) is 0.659. The summed E-state index contributed by atoms with van der Waals surface area (Å²) in [7, 11) is 0. The highest BCUT2D eigenvalue weighted by Gasteiger charge is 2.40. The Morgan fingerprint density at radius 3 is 2.03 bits per heavy atom. The molecule has 2 N–H and O–H groups in total. The van der Waals surface area contributed by atoms with E-state index in [1.54, 1.807) is 0 Å². The van der Waals surface area contributed by atoms with E-state index in [2.05, 4.69) is 17.0 Å². The first-order valence-corrected chi connectivity index (χ1v) is 11.4. The Labute approximate surface area is 187 Å². The zero-order valence-corrected chi connectivity index (χ0v) is 18.7. The Morgan fingerprint density at radius 1 is 0.867 bits per heavy atom. The molecule has 1 saturated heterocycles. The van der Waals surface area contributed by atoms with Gasteiger partial charge in [0.2, 0.25) is 0 Å². The molecule has 4 rings (SSSR count). The number of benzene rings is 2. The van der Waals surface area contributed by atoms with Crippen molar-refractivity contribution in [2.24, 2.45) is 5.92 Å². The Kier molecular flexibility index (Phi) is 7.98. The number of hydrogen-bond donors (Lipinski definition) is 2. The van der Waals surface area contributed by atoms with Crippen molar-refractivity contribution in [3.8, 4) is 0 Å². The second-order valence-corrected chi connectivity index (χ2v) is 9.11. The molecule has 30 heavy (non-hydrogen) atoms. The molecule has 1 saturated carbocycles.